The summed E-state index contributed by atoms with van der Waals surface area (Å²) in [5.74, 6) is -2.82. The highest BCUT2D eigenvalue weighted by atomic mass is 19.4. The molecule has 0 heterocycles. The van der Waals surface area contributed by atoms with Crippen molar-refractivity contribution in [2.24, 2.45) is 0 Å². The Balaban J connectivity index is 2.33. The average Bonchev–Trinajstić information content (AvgIpc) is 2.61. The van der Waals surface area contributed by atoms with Gasteiger partial charge in [-0.05, 0) is 38.1 Å². The second-order valence-electron chi connectivity index (χ2n) is 5.92. The van der Waals surface area contributed by atoms with E-state index >= 15 is 0 Å². The molecule has 1 rings (SSSR count). The van der Waals surface area contributed by atoms with Crippen LogP contribution in [0.4, 0.5) is 13.2 Å². The Morgan fingerprint density at radius 1 is 0.964 bits per heavy atom. The first-order chi connectivity index (χ1) is 13.0. The van der Waals surface area contributed by atoms with Gasteiger partial charge in [0.1, 0.15) is 6.54 Å². The Labute approximate surface area is 158 Å². The van der Waals surface area contributed by atoms with E-state index in [2.05, 4.69) is 20.7 Å². The predicted molar refractivity (Wildman–Crippen MR) is 91.0 cm³/mol. The van der Waals surface area contributed by atoms with Gasteiger partial charge in [-0.25, -0.2) is 0 Å². The smallest absolute Gasteiger partial charge is 0.416 e. The molecule has 0 saturated carbocycles. The fourth-order valence-electron chi connectivity index (χ4n) is 1.87. The van der Waals surface area contributed by atoms with E-state index in [0.717, 1.165) is 24.3 Å². The van der Waals surface area contributed by atoms with E-state index in [0.29, 0.717) is 0 Å². The number of carbonyl (C=O) groups excluding carboxylic acids is 4. The van der Waals surface area contributed by atoms with Crippen molar-refractivity contribution in [1.29, 1.82) is 0 Å². The number of rotatable bonds is 8. The van der Waals surface area contributed by atoms with Crippen molar-refractivity contribution in [3.8, 4) is 0 Å². The van der Waals surface area contributed by atoms with Gasteiger partial charge in [-0.2, -0.15) is 13.2 Å². The molecular weight excluding hydrogens is 383 g/mol. The maximum absolute atomic E-state index is 12.5. The van der Waals surface area contributed by atoms with Crippen molar-refractivity contribution in [2.45, 2.75) is 26.1 Å². The number of hydrogen-bond donors (Lipinski definition) is 3. The van der Waals surface area contributed by atoms with E-state index in [4.69, 9.17) is 0 Å². The van der Waals surface area contributed by atoms with Crippen molar-refractivity contribution in [3.05, 3.63) is 35.4 Å². The summed E-state index contributed by atoms with van der Waals surface area (Å²) in [6, 6.07) is 3.34. The molecule has 1 aromatic rings. The quantitative estimate of drug-likeness (QED) is 0.551. The summed E-state index contributed by atoms with van der Waals surface area (Å²) in [6.07, 6.45) is -4.52. The Morgan fingerprint density at radius 3 is 2.11 bits per heavy atom. The van der Waals surface area contributed by atoms with E-state index in [-0.39, 0.29) is 18.2 Å². The summed E-state index contributed by atoms with van der Waals surface area (Å²) >= 11 is 0. The molecule has 0 aromatic heterocycles. The number of nitrogens with one attached hydrogen (secondary N) is 3. The number of ether oxygens (including phenoxy) is 1. The van der Waals surface area contributed by atoms with Gasteiger partial charge in [0.05, 0.1) is 12.1 Å². The molecule has 8 nitrogen and oxygen atoms in total. The first-order valence-electron chi connectivity index (χ1n) is 8.16. The van der Waals surface area contributed by atoms with Gasteiger partial charge in [0.25, 0.3) is 11.8 Å². The third-order valence-corrected chi connectivity index (χ3v) is 3.13. The minimum Gasteiger partial charge on any atom is -0.454 e. The Kier molecular flexibility index (Phi) is 8.42. The lowest BCUT2D eigenvalue weighted by molar-refractivity contribution is -0.147. The SMILES string of the molecule is CC(C)NC(=O)CNC(=O)COC(=O)CNC(=O)c1ccc(C(F)(F)F)cc1. The number of halogens is 3. The highest BCUT2D eigenvalue weighted by Gasteiger charge is 2.30. The van der Waals surface area contributed by atoms with E-state index in [9.17, 15) is 32.3 Å². The number of carbonyl (C=O) groups is 4. The number of benzene rings is 1. The monoisotopic (exact) mass is 403 g/mol. The summed E-state index contributed by atoms with van der Waals surface area (Å²) in [5, 5.41) is 6.96. The summed E-state index contributed by atoms with van der Waals surface area (Å²) < 4.78 is 42.0. The van der Waals surface area contributed by atoms with Crippen molar-refractivity contribution in [2.75, 3.05) is 19.7 Å². The standard InChI is InChI=1S/C17H20F3N3O5/c1-10(2)23-13(24)7-21-14(25)9-28-15(26)8-22-16(27)11-3-5-12(6-4-11)17(18,19)20/h3-6,10H,7-9H2,1-2H3,(H,21,25)(H,22,27)(H,23,24). The van der Waals surface area contributed by atoms with E-state index in [1.165, 1.54) is 0 Å². The van der Waals surface area contributed by atoms with Crippen LogP contribution in [-0.2, 0) is 25.3 Å². The van der Waals surface area contributed by atoms with Gasteiger partial charge in [-0.3, -0.25) is 19.2 Å². The Bertz CT molecular complexity index is 718. The molecule has 28 heavy (non-hydrogen) atoms. The van der Waals surface area contributed by atoms with Crippen LogP contribution in [0.15, 0.2) is 24.3 Å². The van der Waals surface area contributed by atoms with E-state index < -0.39 is 48.6 Å². The van der Waals surface area contributed by atoms with Crippen LogP contribution in [0.25, 0.3) is 0 Å². The van der Waals surface area contributed by atoms with Crippen LogP contribution in [0.3, 0.4) is 0 Å². The lowest BCUT2D eigenvalue weighted by Crippen LogP contribution is -2.41. The second-order valence-corrected chi connectivity index (χ2v) is 5.92. The van der Waals surface area contributed by atoms with Crippen molar-refractivity contribution in [3.63, 3.8) is 0 Å². The highest BCUT2D eigenvalue weighted by molar-refractivity contribution is 5.96. The van der Waals surface area contributed by atoms with Gasteiger partial charge in [-0.1, -0.05) is 0 Å². The molecule has 0 aliphatic heterocycles. The Hall–Kier alpha value is -3.11. The summed E-state index contributed by atoms with van der Waals surface area (Å²) in [5.41, 5.74) is -0.980. The highest BCUT2D eigenvalue weighted by Crippen LogP contribution is 2.28. The molecule has 154 valence electrons. The molecule has 0 spiro atoms. The van der Waals surface area contributed by atoms with Crippen molar-refractivity contribution in [1.82, 2.24) is 16.0 Å². The summed E-state index contributed by atoms with van der Waals surface area (Å²) in [7, 11) is 0. The van der Waals surface area contributed by atoms with Crippen LogP contribution in [0, 0.1) is 0 Å². The lowest BCUT2D eigenvalue weighted by atomic mass is 10.1. The van der Waals surface area contributed by atoms with Gasteiger partial charge in [0.2, 0.25) is 5.91 Å². The molecule has 0 atom stereocenters. The minimum absolute atomic E-state index is 0.0743. The molecule has 0 aliphatic rings. The minimum atomic E-state index is -4.52. The molecule has 0 aliphatic carbocycles. The fourth-order valence-corrected chi connectivity index (χ4v) is 1.87. The second kappa shape index (κ2) is 10.3. The largest absolute Gasteiger partial charge is 0.454 e. The number of amides is 3. The van der Waals surface area contributed by atoms with Gasteiger partial charge in [-0.15, -0.1) is 0 Å². The zero-order valence-corrected chi connectivity index (χ0v) is 15.2. The van der Waals surface area contributed by atoms with Gasteiger partial charge in [0, 0.05) is 11.6 Å². The normalized spacial score (nSPS) is 10.9. The number of alkyl halides is 3. The van der Waals surface area contributed by atoms with E-state index in [1.54, 1.807) is 13.8 Å². The molecule has 3 N–H and O–H groups in total. The van der Waals surface area contributed by atoms with E-state index in [1.807, 2.05) is 0 Å². The van der Waals surface area contributed by atoms with Crippen LogP contribution in [0.5, 0.6) is 0 Å². The zero-order chi connectivity index (χ0) is 21.3. The molecule has 0 saturated heterocycles. The predicted octanol–water partition coefficient (Wildman–Crippen LogP) is 0.619. The average molecular weight is 403 g/mol. The van der Waals surface area contributed by atoms with Crippen LogP contribution >= 0.6 is 0 Å². The van der Waals surface area contributed by atoms with Crippen LogP contribution < -0.4 is 16.0 Å². The van der Waals surface area contributed by atoms with Gasteiger partial charge >= 0.3 is 12.1 Å². The van der Waals surface area contributed by atoms with Crippen LogP contribution in [0.2, 0.25) is 0 Å². The summed E-state index contributed by atoms with van der Waals surface area (Å²) in [4.78, 5) is 46.1. The molecular formula is C17H20F3N3O5. The van der Waals surface area contributed by atoms with Gasteiger partial charge in [0.15, 0.2) is 6.61 Å². The zero-order valence-electron chi connectivity index (χ0n) is 15.2. The molecule has 0 bridgehead atoms. The first-order valence-corrected chi connectivity index (χ1v) is 8.16. The fraction of sp³-hybridized carbons (Fsp3) is 0.412. The molecule has 1 aromatic carbocycles. The molecule has 11 heteroatoms. The van der Waals surface area contributed by atoms with Crippen LogP contribution in [0.1, 0.15) is 29.8 Å². The topological polar surface area (TPSA) is 114 Å². The van der Waals surface area contributed by atoms with Gasteiger partial charge < -0.3 is 20.7 Å². The van der Waals surface area contributed by atoms with Crippen LogP contribution in [-0.4, -0.2) is 49.4 Å². The Morgan fingerprint density at radius 2 is 1.57 bits per heavy atom. The maximum Gasteiger partial charge on any atom is 0.416 e. The molecule has 3 amide bonds. The van der Waals surface area contributed by atoms with Crippen molar-refractivity contribution >= 4 is 23.7 Å². The third kappa shape index (κ3) is 8.52. The first kappa shape index (κ1) is 22.9. The molecule has 0 radical (unpaired) electrons. The molecule has 0 unspecified atom stereocenters. The maximum atomic E-state index is 12.5. The number of esters is 1. The summed E-state index contributed by atoms with van der Waals surface area (Å²) in [6.45, 7) is 1.99. The lowest BCUT2D eigenvalue weighted by Gasteiger charge is -2.10. The number of hydrogen-bond acceptors (Lipinski definition) is 5. The third-order valence-electron chi connectivity index (χ3n) is 3.13. The molecule has 0 fully saturated rings. The van der Waals surface area contributed by atoms with Crippen molar-refractivity contribution < 1.29 is 37.1 Å².